The van der Waals surface area contributed by atoms with Crippen LogP contribution in [0.3, 0.4) is 0 Å². The maximum Gasteiger partial charge on any atom is 0.391 e. The molecule has 0 spiro atoms. The molecule has 0 atom stereocenters. The number of nitrogens with zero attached hydrogens (tertiary/aromatic N) is 1. The molecule has 1 aromatic carbocycles. The smallest absolute Gasteiger partial charge is 0.371 e. The Kier molecular flexibility index (Phi) is 3.80. The van der Waals surface area contributed by atoms with Crippen molar-refractivity contribution in [3.63, 3.8) is 0 Å². The predicted octanol–water partition coefficient (Wildman–Crippen LogP) is 2.92. The van der Waals surface area contributed by atoms with Crippen LogP contribution in [0, 0.1) is 5.92 Å². The second kappa shape index (κ2) is 5.18. The summed E-state index contributed by atoms with van der Waals surface area (Å²) in [5.41, 5.74) is 7.54. The van der Waals surface area contributed by atoms with Crippen LogP contribution in [0.1, 0.15) is 18.4 Å². The first-order chi connectivity index (χ1) is 8.50. The topological polar surface area (TPSA) is 29.3 Å². The van der Waals surface area contributed by atoms with Crippen molar-refractivity contribution >= 4 is 5.69 Å². The van der Waals surface area contributed by atoms with Gasteiger partial charge < -0.3 is 10.6 Å². The lowest BCUT2D eigenvalue weighted by Crippen LogP contribution is -2.39. The summed E-state index contributed by atoms with van der Waals surface area (Å²) in [6.45, 7) is 1.36. The molecule has 2 nitrogen and oxygen atoms in total. The summed E-state index contributed by atoms with van der Waals surface area (Å²) in [4.78, 5) is 2.00. The number of halogens is 3. The molecular weight excluding hydrogens is 241 g/mol. The van der Waals surface area contributed by atoms with E-state index >= 15 is 0 Å². The Morgan fingerprint density at radius 1 is 1.22 bits per heavy atom. The van der Waals surface area contributed by atoms with Crippen molar-refractivity contribution in [3.05, 3.63) is 29.8 Å². The van der Waals surface area contributed by atoms with Crippen molar-refractivity contribution in [3.8, 4) is 0 Å². The molecule has 18 heavy (non-hydrogen) atoms. The minimum Gasteiger partial charge on any atom is -0.371 e. The number of alkyl halides is 3. The summed E-state index contributed by atoms with van der Waals surface area (Å²) in [6, 6.07) is 7.69. The van der Waals surface area contributed by atoms with Gasteiger partial charge in [0.05, 0.1) is 5.92 Å². The van der Waals surface area contributed by atoms with Crippen LogP contribution in [0.25, 0.3) is 0 Å². The van der Waals surface area contributed by atoms with Gasteiger partial charge in [-0.15, -0.1) is 0 Å². The van der Waals surface area contributed by atoms with E-state index in [-0.39, 0.29) is 12.8 Å². The Morgan fingerprint density at radius 2 is 1.89 bits per heavy atom. The monoisotopic (exact) mass is 258 g/mol. The number of nitrogens with two attached hydrogens (primary N) is 1. The Bertz CT molecular complexity index is 395. The van der Waals surface area contributed by atoms with E-state index in [1.807, 2.05) is 29.2 Å². The first kappa shape index (κ1) is 13.2. The molecule has 100 valence electrons. The molecule has 1 aromatic rings. The van der Waals surface area contributed by atoms with Crippen LogP contribution < -0.4 is 10.6 Å². The lowest BCUT2D eigenvalue weighted by Gasteiger charge is -2.34. The van der Waals surface area contributed by atoms with E-state index in [1.54, 1.807) is 0 Å². The maximum absolute atomic E-state index is 12.6. The molecule has 1 saturated heterocycles. The quantitative estimate of drug-likeness (QED) is 0.883. The minimum atomic E-state index is -4.05. The first-order valence-electron chi connectivity index (χ1n) is 6.11. The second-order valence-electron chi connectivity index (χ2n) is 4.68. The Balaban J connectivity index is 2.01. The third kappa shape index (κ3) is 2.96. The summed E-state index contributed by atoms with van der Waals surface area (Å²) in [7, 11) is 0. The molecule has 0 aromatic heterocycles. The van der Waals surface area contributed by atoms with Gasteiger partial charge in [0.25, 0.3) is 0 Å². The molecule has 2 rings (SSSR count). The minimum absolute atomic E-state index is 0.177. The Hall–Kier alpha value is -1.23. The molecule has 0 unspecified atom stereocenters. The highest BCUT2D eigenvalue weighted by molar-refractivity contribution is 5.48. The fraction of sp³-hybridized carbons (Fsp3) is 0.538. The number of rotatable bonds is 2. The van der Waals surface area contributed by atoms with Gasteiger partial charge in [0, 0.05) is 25.3 Å². The van der Waals surface area contributed by atoms with Crippen molar-refractivity contribution in [1.82, 2.24) is 0 Å². The largest absolute Gasteiger partial charge is 0.391 e. The van der Waals surface area contributed by atoms with Crippen LogP contribution >= 0.6 is 0 Å². The fourth-order valence-electron chi connectivity index (χ4n) is 2.35. The second-order valence-corrected chi connectivity index (χ2v) is 4.68. The molecule has 1 aliphatic heterocycles. The van der Waals surface area contributed by atoms with Crippen LogP contribution in [0.2, 0.25) is 0 Å². The summed E-state index contributed by atoms with van der Waals surface area (Å²) in [6.07, 6.45) is -3.70. The van der Waals surface area contributed by atoms with Gasteiger partial charge in [-0.2, -0.15) is 13.2 Å². The molecule has 0 amide bonds. The lowest BCUT2D eigenvalue weighted by atomic mass is 9.96. The van der Waals surface area contributed by atoms with Gasteiger partial charge in [-0.25, -0.2) is 0 Å². The molecule has 0 aliphatic carbocycles. The first-order valence-corrected chi connectivity index (χ1v) is 6.11. The van der Waals surface area contributed by atoms with Crippen LogP contribution in [-0.2, 0) is 6.54 Å². The van der Waals surface area contributed by atoms with Crippen molar-refractivity contribution in [2.75, 3.05) is 18.0 Å². The molecule has 0 saturated carbocycles. The summed E-state index contributed by atoms with van der Waals surface area (Å²) in [5.74, 6) is -1.15. The van der Waals surface area contributed by atoms with Crippen molar-refractivity contribution in [1.29, 1.82) is 0 Å². The third-order valence-electron chi connectivity index (χ3n) is 3.47. The number of anilines is 1. The Morgan fingerprint density at radius 3 is 2.44 bits per heavy atom. The SMILES string of the molecule is NCc1cccc(N2CCC(C(F)(F)F)CC2)c1. The molecule has 1 aliphatic rings. The van der Waals surface area contributed by atoms with E-state index in [0.717, 1.165) is 11.3 Å². The van der Waals surface area contributed by atoms with E-state index in [2.05, 4.69) is 0 Å². The van der Waals surface area contributed by atoms with Crippen LogP contribution in [0.5, 0.6) is 0 Å². The average molecular weight is 258 g/mol. The third-order valence-corrected chi connectivity index (χ3v) is 3.47. The zero-order valence-corrected chi connectivity index (χ0v) is 10.1. The van der Waals surface area contributed by atoms with Gasteiger partial charge >= 0.3 is 6.18 Å². The summed E-state index contributed by atoms with van der Waals surface area (Å²) >= 11 is 0. The van der Waals surface area contributed by atoms with E-state index in [9.17, 15) is 13.2 Å². The molecule has 0 bridgehead atoms. The van der Waals surface area contributed by atoms with Crippen molar-refractivity contribution < 1.29 is 13.2 Å². The number of hydrogen-bond donors (Lipinski definition) is 1. The standard InChI is InChI=1S/C13H17F3N2/c14-13(15,16)11-4-6-18(7-5-11)12-3-1-2-10(8-12)9-17/h1-3,8,11H,4-7,9,17H2. The van der Waals surface area contributed by atoms with Crippen molar-refractivity contribution in [2.24, 2.45) is 11.7 Å². The summed E-state index contributed by atoms with van der Waals surface area (Å²) < 4.78 is 37.7. The van der Waals surface area contributed by atoms with Gasteiger partial charge in [0.2, 0.25) is 0 Å². The summed E-state index contributed by atoms with van der Waals surface area (Å²) in [5, 5.41) is 0. The molecule has 5 heteroatoms. The van der Waals surface area contributed by atoms with Crippen LogP contribution in [0.15, 0.2) is 24.3 Å². The van der Waals surface area contributed by atoms with Crippen LogP contribution in [-0.4, -0.2) is 19.3 Å². The van der Waals surface area contributed by atoms with E-state index in [0.29, 0.717) is 19.6 Å². The van der Waals surface area contributed by atoms with Gasteiger partial charge in [0.1, 0.15) is 0 Å². The molecule has 0 radical (unpaired) electrons. The van der Waals surface area contributed by atoms with Gasteiger partial charge in [0.15, 0.2) is 0 Å². The molecule has 1 fully saturated rings. The number of hydrogen-bond acceptors (Lipinski definition) is 2. The Labute approximate surface area is 105 Å². The normalized spacial score (nSPS) is 18.1. The molecular formula is C13H17F3N2. The van der Waals surface area contributed by atoms with E-state index in [4.69, 9.17) is 5.73 Å². The van der Waals surface area contributed by atoms with Crippen LogP contribution in [0.4, 0.5) is 18.9 Å². The van der Waals surface area contributed by atoms with E-state index in [1.165, 1.54) is 0 Å². The van der Waals surface area contributed by atoms with Gasteiger partial charge in [-0.1, -0.05) is 12.1 Å². The highest BCUT2D eigenvalue weighted by Gasteiger charge is 2.41. The van der Waals surface area contributed by atoms with Gasteiger partial charge in [-0.05, 0) is 30.5 Å². The molecule has 1 heterocycles. The highest BCUT2D eigenvalue weighted by Crippen LogP contribution is 2.35. The highest BCUT2D eigenvalue weighted by atomic mass is 19.4. The maximum atomic E-state index is 12.6. The van der Waals surface area contributed by atoms with Gasteiger partial charge in [-0.3, -0.25) is 0 Å². The lowest BCUT2D eigenvalue weighted by molar-refractivity contribution is -0.179. The molecule has 2 N–H and O–H groups in total. The number of benzene rings is 1. The zero-order valence-electron chi connectivity index (χ0n) is 10.1. The van der Waals surface area contributed by atoms with Crippen molar-refractivity contribution in [2.45, 2.75) is 25.6 Å². The predicted molar refractivity (Wildman–Crippen MR) is 65.3 cm³/mol. The fourth-order valence-corrected chi connectivity index (χ4v) is 2.35. The average Bonchev–Trinajstić information content (AvgIpc) is 2.38. The zero-order chi connectivity index (χ0) is 13.2. The number of piperidine rings is 1. The van der Waals surface area contributed by atoms with E-state index < -0.39 is 12.1 Å².